The quantitative estimate of drug-likeness (QED) is 0.633. The van der Waals surface area contributed by atoms with Crippen LogP contribution in [0.25, 0.3) is 0 Å². The Labute approximate surface area is 158 Å². The molecule has 0 amide bonds. The summed E-state index contributed by atoms with van der Waals surface area (Å²) in [7, 11) is 0. The van der Waals surface area contributed by atoms with Crippen molar-refractivity contribution in [2.24, 2.45) is 0 Å². The molecular formula is C16H12Cl2FN5S. The zero-order valence-corrected chi connectivity index (χ0v) is 15.0. The molecule has 0 unspecified atom stereocenters. The van der Waals surface area contributed by atoms with Gasteiger partial charge in [-0.25, -0.2) is 14.1 Å². The highest BCUT2D eigenvalue weighted by atomic mass is 35.5. The van der Waals surface area contributed by atoms with E-state index in [2.05, 4.69) is 20.7 Å². The third-order valence-electron chi connectivity index (χ3n) is 3.17. The Morgan fingerprint density at radius 3 is 2.76 bits per heavy atom. The third-order valence-corrected chi connectivity index (χ3v) is 3.90. The second-order valence-electron chi connectivity index (χ2n) is 5.10. The van der Waals surface area contributed by atoms with Crippen LogP contribution in [0.15, 0.2) is 48.8 Å². The molecule has 25 heavy (non-hydrogen) atoms. The SMILES string of the molecule is Fc1ccc(NC(=S)Nc2ncn(Cc3cccc(Cl)c3)n2)cc1Cl. The molecule has 0 spiro atoms. The number of nitrogens with one attached hydrogen (secondary N) is 2. The lowest BCUT2D eigenvalue weighted by Crippen LogP contribution is -2.20. The van der Waals surface area contributed by atoms with E-state index in [9.17, 15) is 4.39 Å². The lowest BCUT2D eigenvalue weighted by atomic mass is 10.2. The predicted octanol–water partition coefficient (Wildman–Crippen LogP) is 4.58. The Morgan fingerprint density at radius 1 is 1.16 bits per heavy atom. The second kappa shape index (κ2) is 7.77. The van der Waals surface area contributed by atoms with Crippen LogP contribution in [0.1, 0.15) is 5.56 Å². The molecule has 3 aromatic rings. The van der Waals surface area contributed by atoms with Crippen molar-refractivity contribution in [3.8, 4) is 0 Å². The lowest BCUT2D eigenvalue weighted by molar-refractivity contribution is 0.628. The van der Waals surface area contributed by atoms with E-state index in [-0.39, 0.29) is 10.1 Å². The molecule has 0 aliphatic rings. The first kappa shape index (κ1) is 17.6. The summed E-state index contributed by atoms with van der Waals surface area (Å²) in [6, 6.07) is 11.7. The first-order chi connectivity index (χ1) is 12.0. The van der Waals surface area contributed by atoms with Crippen LogP contribution in [-0.2, 0) is 6.54 Å². The van der Waals surface area contributed by atoms with Crippen molar-refractivity contribution in [3.05, 3.63) is 70.2 Å². The van der Waals surface area contributed by atoms with Crippen LogP contribution in [0.5, 0.6) is 0 Å². The summed E-state index contributed by atoms with van der Waals surface area (Å²) in [6.45, 7) is 0.531. The third kappa shape index (κ3) is 4.88. The van der Waals surface area contributed by atoms with E-state index in [4.69, 9.17) is 35.4 Å². The number of aromatic nitrogens is 3. The van der Waals surface area contributed by atoms with Gasteiger partial charge in [0.1, 0.15) is 12.1 Å². The molecule has 1 heterocycles. The molecule has 128 valence electrons. The Balaban J connectivity index is 1.60. The smallest absolute Gasteiger partial charge is 0.248 e. The largest absolute Gasteiger partial charge is 0.332 e. The summed E-state index contributed by atoms with van der Waals surface area (Å²) in [5.41, 5.74) is 1.56. The highest BCUT2D eigenvalue weighted by molar-refractivity contribution is 7.80. The average Bonchev–Trinajstić information content (AvgIpc) is 2.98. The Bertz CT molecular complexity index is 915. The zero-order chi connectivity index (χ0) is 17.8. The number of anilines is 2. The van der Waals surface area contributed by atoms with Crippen molar-refractivity contribution >= 4 is 52.2 Å². The minimum Gasteiger partial charge on any atom is -0.332 e. The number of benzene rings is 2. The van der Waals surface area contributed by atoms with Crippen LogP contribution in [-0.4, -0.2) is 19.9 Å². The Kier molecular flexibility index (Phi) is 5.47. The van der Waals surface area contributed by atoms with E-state index < -0.39 is 5.82 Å². The summed E-state index contributed by atoms with van der Waals surface area (Å²) in [6.07, 6.45) is 1.58. The fourth-order valence-electron chi connectivity index (χ4n) is 2.09. The maximum Gasteiger partial charge on any atom is 0.248 e. The van der Waals surface area contributed by atoms with Crippen LogP contribution in [0, 0.1) is 5.82 Å². The van der Waals surface area contributed by atoms with Crippen LogP contribution in [0.3, 0.4) is 0 Å². The summed E-state index contributed by atoms with van der Waals surface area (Å²) in [5, 5.41) is 11.0. The average molecular weight is 396 g/mol. The molecule has 0 saturated carbocycles. The molecule has 9 heteroatoms. The maximum absolute atomic E-state index is 13.2. The summed E-state index contributed by atoms with van der Waals surface area (Å²) >= 11 is 16.9. The maximum atomic E-state index is 13.2. The summed E-state index contributed by atoms with van der Waals surface area (Å²) in [5.74, 6) is -0.153. The van der Waals surface area contributed by atoms with E-state index in [0.717, 1.165) is 5.56 Å². The van der Waals surface area contributed by atoms with Crippen molar-refractivity contribution in [2.45, 2.75) is 6.54 Å². The lowest BCUT2D eigenvalue weighted by Gasteiger charge is -2.08. The van der Waals surface area contributed by atoms with Gasteiger partial charge in [0, 0.05) is 10.7 Å². The van der Waals surface area contributed by atoms with E-state index in [1.807, 2.05) is 24.3 Å². The number of nitrogens with zero attached hydrogens (tertiary/aromatic N) is 3. The molecule has 2 aromatic carbocycles. The topological polar surface area (TPSA) is 54.8 Å². The minimum atomic E-state index is -0.493. The Hall–Kier alpha value is -2.22. The van der Waals surface area contributed by atoms with Gasteiger partial charge in [-0.1, -0.05) is 35.3 Å². The van der Waals surface area contributed by atoms with Crippen LogP contribution in [0.4, 0.5) is 16.0 Å². The van der Waals surface area contributed by atoms with Gasteiger partial charge in [0.2, 0.25) is 5.95 Å². The van der Waals surface area contributed by atoms with Crippen LogP contribution >= 0.6 is 35.4 Å². The monoisotopic (exact) mass is 395 g/mol. The molecule has 0 atom stereocenters. The number of thiocarbonyl (C=S) groups is 1. The van der Waals surface area contributed by atoms with Crippen molar-refractivity contribution in [1.82, 2.24) is 14.8 Å². The normalized spacial score (nSPS) is 10.5. The molecule has 1 aromatic heterocycles. The van der Waals surface area contributed by atoms with Gasteiger partial charge in [-0.05, 0) is 48.1 Å². The molecule has 0 bridgehead atoms. The van der Waals surface area contributed by atoms with Gasteiger partial charge in [-0.3, -0.25) is 5.32 Å². The van der Waals surface area contributed by atoms with Crippen LogP contribution < -0.4 is 10.6 Å². The molecule has 2 N–H and O–H groups in total. The number of rotatable bonds is 4. The van der Waals surface area contributed by atoms with Crippen molar-refractivity contribution in [2.75, 3.05) is 10.6 Å². The fourth-order valence-corrected chi connectivity index (χ4v) is 2.69. The number of hydrogen-bond donors (Lipinski definition) is 2. The molecule has 5 nitrogen and oxygen atoms in total. The first-order valence-electron chi connectivity index (χ1n) is 7.16. The minimum absolute atomic E-state index is 0.0109. The molecule has 0 saturated heterocycles. The van der Waals surface area contributed by atoms with E-state index in [1.54, 1.807) is 11.0 Å². The van der Waals surface area contributed by atoms with Gasteiger partial charge in [0.25, 0.3) is 0 Å². The molecular weight excluding hydrogens is 384 g/mol. The number of hydrogen-bond acceptors (Lipinski definition) is 3. The molecule has 0 aliphatic carbocycles. The van der Waals surface area contributed by atoms with Crippen LogP contribution in [0.2, 0.25) is 10.0 Å². The highest BCUT2D eigenvalue weighted by Crippen LogP contribution is 2.19. The van der Waals surface area contributed by atoms with Gasteiger partial charge in [-0.2, -0.15) is 0 Å². The van der Waals surface area contributed by atoms with Gasteiger partial charge >= 0.3 is 0 Å². The molecule has 0 radical (unpaired) electrons. The van der Waals surface area contributed by atoms with Gasteiger partial charge < -0.3 is 5.32 Å². The standard InChI is InChI=1S/C16H12Cl2FN5S/c17-11-3-1-2-10(6-11)8-24-9-20-15(23-24)22-16(25)21-12-4-5-14(19)13(18)7-12/h1-7,9H,8H2,(H2,21,22,23,25). The Morgan fingerprint density at radius 2 is 2.00 bits per heavy atom. The second-order valence-corrected chi connectivity index (χ2v) is 6.36. The van der Waals surface area contributed by atoms with Crippen molar-refractivity contribution in [1.29, 1.82) is 0 Å². The van der Waals surface area contributed by atoms with Crippen molar-refractivity contribution < 1.29 is 4.39 Å². The van der Waals surface area contributed by atoms with E-state index in [0.29, 0.717) is 23.2 Å². The molecule has 3 rings (SSSR count). The fraction of sp³-hybridized carbons (Fsp3) is 0.0625. The van der Waals surface area contributed by atoms with Crippen molar-refractivity contribution in [3.63, 3.8) is 0 Å². The summed E-state index contributed by atoms with van der Waals surface area (Å²) < 4.78 is 14.8. The molecule has 0 aliphatic heterocycles. The zero-order valence-electron chi connectivity index (χ0n) is 12.7. The van der Waals surface area contributed by atoms with E-state index in [1.165, 1.54) is 18.2 Å². The highest BCUT2D eigenvalue weighted by Gasteiger charge is 2.06. The molecule has 0 fully saturated rings. The summed E-state index contributed by atoms with van der Waals surface area (Å²) in [4.78, 5) is 4.14. The van der Waals surface area contributed by atoms with Gasteiger partial charge in [0.15, 0.2) is 5.11 Å². The van der Waals surface area contributed by atoms with Gasteiger partial charge in [0.05, 0.1) is 11.6 Å². The number of halogens is 3. The van der Waals surface area contributed by atoms with E-state index >= 15 is 0 Å². The van der Waals surface area contributed by atoms with Gasteiger partial charge in [-0.15, -0.1) is 5.10 Å². The predicted molar refractivity (Wildman–Crippen MR) is 102 cm³/mol. The first-order valence-corrected chi connectivity index (χ1v) is 8.33.